The Morgan fingerprint density at radius 1 is 1.30 bits per heavy atom. The van der Waals surface area contributed by atoms with E-state index in [4.69, 9.17) is 9.47 Å². The number of carbonyl (C=O) groups excluding carboxylic acids is 1. The van der Waals surface area contributed by atoms with Gasteiger partial charge in [0.05, 0.1) is 29.6 Å². The average molecular weight is 284 g/mol. The lowest BCUT2D eigenvalue weighted by molar-refractivity contribution is -0.390. The molecule has 0 aromatic heterocycles. The third-order valence-corrected chi connectivity index (χ3v) is 2.40. The molecule has 0 amide bonds. The molecule has 0 fully saturated rings. The van der Waals surface area contributed by atoms with Crippen LogP contribution in [0.15, 0.2) is 6.07 Å². The van der Waals surface area contributed by atoms with Crippen LogP contribution in [0.1, 0.15) is 23.7 Å². The van der Waals surface area contributed by atoms with Crippen LogP contribution in [0.2, 0.25) is 0 Å². The van der Waals surface area contributed by atoms with Crippen molar-refractivity contribution in [3.05, 3.63) is 31.9 Å². The van der Waals surface area contributed by atoms with Gasteiger partial charge in [0, 0.05) is 0 Å². The van der Waals surface area contributed by atoms with Crippen molar-refractivity contribution < 1.29 is 24.1 Å². The fourth-order valence-electron chi connectivity index (χ4n) is 1.58. The van der Waals surface area contributed by atoms with Crippen molar-refractivity contribution in [3.63, 3.8) is 0 Å². The molecule has 0 heterocycles. The topological polar surface area (TPSA) is 122 Å². The third-order valence-electron chi connectivity index (χ3n) is 2.40. The number of carbonyl (C=O) groups is 1. The second-order valence-electron chi connectivity index (χ2n) is 3.67. The molecule has 20 heavy (non-hydrogen) atoms. The van der Waals surface area contributed by atoms with Gasteiger partial charge in [-0.05, 0) is 6.42 Å². The smallest absolute Gasteiger partial charge is 0.325 e. The van der Waals surface area contributed by atoms with Crippen LogP contribution < -0.4 is 9.47 Å². The Bertz CT molecular complexity index is 556. The Balaban J connectivity index is 3.66. The molecule has 0 atom stereocenters. The minimum Gasteiger partial charge on any atom is -0.490 e. The SMILES string of the molecule is CCCOc1c([N+](=O)[O-])cc(OC)c([N+](=O)[O-])c1C=O. The van der Waals surface area contributed by atoms with Crippen LogP contribution in [0, 0.1) is 20.2 Å². The average Bonchev–Trinajstić information content (AvgIpc) is 2.42. The van der Waals surface area contributed by atoms with Gasteiger partial charge >= 0.3 is 11.4 Å². The number of hydrogen-bond acceptors (Lipinski definition) is 7. The summed E-state index contributed by atoms with van der Waals surface area (Å²) in [6, 6.07) is 0.871. The molecule has 0 bridgehead atoms. The van der Waals surface area contributed by atoms with Gasteiger partial charge in [-0.2, -0.15) is 0 Å². The van der Waals surface area contributed by atoms with E-state index in [1.807, 2.05) is 0 Å². The summed E-state index contributed by atoms with van der Waals surface area (Å²) in [5.74, 6) is -0.785. The summed E-state index contributed by atoms with van der Waals surface area (Å²) in [5.41, 5.74) is -1.71. The number of nitro groups is 2. The van der Waals surface area contributed by atoms with Crippen molar-refractivity contribution in [1.82, 2.24) is 0 Å². The van der Waals surface area contributed by atoms with E-state index in [-0.39, 0.29) is 18.6 Å². The van der Waals surface area contributed by atoms with E-state index >= 15 is 0 Å². The van der Waals surface area contributed by atoms with E-state index in [2.05, 4.69) is 0 Å². The lowest BCUT2D eigenvalue weighted by Gasteiger charge is -2.10. The second-order valence-corrected chi connectivity index (χ2v) is 3.67. The minimum absolute atomic E-state index is 0.0885. The summed E-state index contributed by atoms with van der Waals surface area (Å²) in [6.07, 6.45) is 0.675. The Morgan fingerprint density at radius 3 is 2.35 bits per heavy atom. The van der Waals surface area contributed by atoms with Gasteiger partial charge in [-0.3, -0.25) is 25.0 Å². The summed E-state index contributed by atoms with van der Waals surface area (Å²) < 4.78 is 9.87. The molecule has 0 unspecified atom stereocenters. The molecule has 0 saturated heterocycles. The summed E-state index contributed by atoms with van der Waals surface area (Å²) in [5, 5.41) is 22.0. The van der Waals surface area contributed by atoms with Gasteiger partial charge in [-0.15, -0.1) is 0 Å². The first-order valence-electron chi connectivity index (χ1n) is 5.59. The predicted molar refractivity (Wildman–Crippen MR) is 67.5 cm³/mol. The maximum Gasteiger partial charge on any atom is 0.325 e. The zero-order valence-corrected chi connectivity index (χ0v) is 10.8. The normalized spacial score (nSPS) is 9.90. The summed E-state index contributed by atoms with van der Waals surface area (Å²) in [4.78, 5) is 31.5. The molecule has 108 valence electrons. The van der Waals surface area contributed by atoms with Gasteiger partial charge in [0.2, 0.25) is 11.5 Å². The lowest BCUT2D eigenvalue weighted by Crippen LogP contribution is -2.07. The number of methoxy groups -OCH3 is 1. The van der Waals surface area contributed by atoms with Crippen molar-refractivity contribution in [3.8, 4) is 11.5 Å². The third kappa shape index (κ3) is 2.82. The second kappa shape index (κ2) is 6.45. The lowest BCUT2D eigenvalue weighted by atomic mass is 10.1. The summed E-state index contributed by atoms with van der Waals surface area (Å²) >= 11 is 0. The molecule has 0 N–H and O–H groups in total. The molecule has 9 heteroatoms. The van der Waals surface area contributed by atoms with Gasteiger partial charge < -0.3 is 9.47 Å². The number of benzene rings is 1. The van der Waals surface area contributed by atoms with Crippen molar-refractivity contribution >= 4 is 17.7 Å². The van der Waals surface area contributed by atoms with E-state index in [9.17, 15) is 25.0 Å². The largest absolute Gasteiger partial charge is 0.490 e. The quantitative estimate of drug-likeness (QED) is 0.426. The van der Waals surface area contributed by atoms with E-state index < -0.39 is 32.5 Å². The van der Waals surface area contributed by atoms with E-state index in [0.717, 1.165) is 13.2 Å². The van der Waals surface area contributed by atoms with Crippen LogP contribution in [0.25, 0.3) is 0 Å². The van der Waals surface area contributed by atoms with Crippen LogP contribution in [-0.4, -0.2) is 29.8 Å². The molecule has 0 aliphatic rings. The standard InChI is InChI=1S/C11H12N2O7/c1-3-4-20-11-7(6-14)10(13(17)18)9(19-2)5-8(11)12(15)16/h5-6H,3-4H2,1-2H3. The fourth-order valence-corrected chi connectivity index (χ4v) is 1.58. The summed E-state index contributed by atoms with van der Waals surface area (Å²) in [7, 11) is 1.12. The maximum atomic E-state index is 11.1. The van der Waals surface area contributed by atoms with Crippen molar-refractivity contribution in [2.45, 2.75) is 13.3 Å². The van der Waals surface area contributed by atoms with Gasteiger partial charge in [0.1, 0.15) is 5.56 Å². The Hall–Kier alpha value is -2.71. The van der Waals surface area contributed by atoms with Crippen LogP contribution in [0.3, 0.4) is 0 Å². The van der Waals surface area contributed by atoms with Crippen LogP contribution in [-0.2, 0) is 0 Å². The number of aldehydes is 1. The molecule has 0 aliphatic heterocycles. The first kappa shape index (κ1) is 15.3. The number of ether oxygens (including phenoxy) is 2. The molecule has 9 nitrogen and oxygen atoms in total. The number of rotatable bonds is 7. The van der Waals surface area contributed by atoms with Gasteiger partial charge in [0.25, 0.3) is 0 Å². The fraction of sp³-hybridized carbons (Fsp3) is 0.364. The van der Waals surface area contributed by atoms with Crippen molar-refractivity contribution in [2.75, 3.05) is 13.7 Å². The van der Waals surface area contributed by atoms with Gasteiger partial charge in [-0.1, -0.05) is 6.92 Å². The Kier molecular flexibility index (Phi) is 4.95. The molecule has 1 aromatic carbocycles. The number of hydrogen-bond donors (Lipinski definition) is 0. The number of nitro benzene ring substituents is 2. The molecule has 0 radical (unpaired) electrons. The molecular weight excluding hydrogens is 272 g/mol. The van der Waals surface area contributed by atoms with Crippen LogP contribution >= 0.6 is 0 Å². The maximum absolute atomic E-state index is 11.1. The van der Waals surface area contributed by atoms with Gasteiger partial charge in [0.15, 0.2) is 6.29 Å². The highest BCUT2D eigenvalue weighted by atomic mass is 16.6. The highest BCUT2D eigenvalue weighted by Crippen LogP contribution is 2.43. The van der Waals surface area contributed by atoms with E-state index in [0.29, 0.717) is 6.42 Å². The predicted octanol–water partition coefficient (Wildman–Crippen LogP) is 2.11. The molecular formula is C11H12N2O7. The monoisotopic (exact) mass is 284 g/mol. The Morgan fingerprint density at radius 2 is 1.95 bits per heavy atom. The zero-order valence-electron chi connectivity index (χ0n) is 10.8. The molecule has 0 aliphatic carbocycles. The van der Waals surface area contributed by atoms with Crippen LogP contribution in [0.4, 0.5) is 11.4 Å². The van der Waals surface area contributed by atoms with Gasteiger partial charge in [-0.25, -0.2) is 0 Å². The van der Waals surface area contributed by atoms with E-state index in [1.165, 1.54) is 0 Å². The molecule has 0 spiro atoms. The van der Waals surface area contributed by atoms with Crippen molar-refractivity contribution in [2.24, 2.45) is 0 Å². The van der Waals surface area contributed by atoms with E-state index in [1.54, 1.807) is 6.92 Å². The molecule has 1 aromatic rings. The number of nitrogens with zero attached hydrogens (tertiary/aromatic N) is 2. The zero-order chi connectivity index (χ0) is 15.3. The van der Waals surface area contributed by atoms with Crippen molar-refractivity contribution in [1.29, 1.82) is 0 Å². The molecule has 1 rings (SSSR count). The summed E-state index contributed by atoms with van der Waals surface area (Å²) in [6.45, 7) is 1.84. The minimum atomic E-state index is -0.842. The Labute approximate surface area is 113 Å². The first-order chi connectivity index (χ1) is 9.47. The van der Waals surface area contributed by atoms with Crippen LogP contribution in [0.5, 0.6) is 11.5 Å². The molecule has 0 saturated carbocycles. The highest BCUT2D eigenvalue weighted by molar-refractivity contribution is 5.90. The highest BCUT2D eigenvalue weighted by Gasteiger charge is 2.33. The first-order valence-corrected chi connectivity index (χ1v) is 5.59.